The Morgan fingerprint density at radius 3 is 2.78 bits per heavy atom. The lowest BCUT2D eigenvalue weighted by Gasteiger charge is -2.26. The van der Waals surface area contributed by atoms with Gasteiger partial charge in [0.05, 0.1) is 6.04 Å². The highest BCUT2D eigenvalue weighted by Crippen LogP contribution is 2.29. The molecule has 100 valence electrons. The molecule has 1 saturated carbocycles. The summed E-state index contributed by atoms with van der Waals surface area (Å²) >= 11 is 0. The summed E-state index contributed by atoms with van der Waals surface area (Å²) in [5.74, 6) is 2.03. The van der Waals surface area contributed by atoms with Gasteiger partial charge in [0.2, 0.25) is 5.91 Å². The van der Waals surface area contributed by atoms with Gasteiger partial charge in [-0.05, 0) is 38.0 Å². The van der Waals surface area contributed by atoms with Gasteiger partial charge in [0.25, 0.3) is 0 Å². The summed E-state index contributed by atoms with van der Waals surface area (Å²) in [7, 11) is 0. The van der Waals surface area contributed by atoms with Crippen molar-refractivity contribution in [2.45, 2.75) is 52.0 Å². The highest BCUT2D eigenvalue weighted by molar-refractivity contribution is 5.79. The van der Waals surface area contributed by atoms with E-state index in [0.29, 0.717) is 0 Å². The summed E-state index contributed by atoms with van der Waals surface area (Å²) in [5, 5.41) is 3.12. The lowest BCUT2D eigenvalue weighted by atomic mass is 9.82. The van der Waals surface area contributed by atoms with Gasteiger partial charge in [-0.1, -0.05) is 13.8 Å². The Bertz CT molecular complexity index is 366. The van der Waals surface area contributed by atoms with E-state index in [9.17, 15) is 4.79 Å². The number of nitrogens with zero attached hydrogens (tertiary/aromatic N) is 1. The van der Waals surface area contributed by atoms with Crippen molar-refractivity contribution in [1.82, 2.24) is 15.3 Å². The average Bonchev–Trinajstić information content (AvgIpc) is 2.90. The fraction of sp³-hybridized carbons (Fsp3) is 0.714. The van der Waals surface area contributed by atoms with Gasteiger partial charge in [0.1, 0.15) is 5.82 Å². The molecule has 1 aliphatic rings. The molecule has 1 unspecified atom stereocenters. The average molecular weight is 249 g/mol. The van der Waals surface area contributed by atoms with Crippen molar-refractivity contribution in [2.75, 3.05) is 0 Å². The molecule has 0 aliphatic heterocycles. The molecule has 4 nitrogen and oxygen atoms in total. The van der Waals surface area contributed by atoms with Crippen LogP contribution < -0.4 is 5.32 Å². The largest absolute Gasteiger partial charge is 0.347 e. The van der Waals surface area contributed by atoms with E-state index in [0.717, 1.165) is 31.0 Å². The Balaban J connectivity index is 1.90. The van der Waals surface area contributed by atoms with Crippen LogP contribution in [0.3, 0.4) is 0 Å². The van der Waals surface area contributed by atoms with Gasteiger partial charge in [-0.15, -0.1) is 0 Å². The van der Waals surface area contributed by atoms with Crippen molar-refractivity contribution in [3.63, 3.8) is 0 Å². The molecular weight excluding hydrogens is 226 g/mol. The van der Waals surface area contributed by atoms with Crippen LogP contribution in [0.4, 0.5) is 0 Å². The van der Waals surface area contributed by atoms with Gasteiger partial charge in [0, 0.05) is 18.3 Å². The first-order chi connectivity index (χ1) is 8.70. The Labute approximate surface area is 109 Å². The predicted molar refractivity (Wildman–Crippen MR) is 70.9 cm³/mol. The number of rotatable bonds is 4. The third-order valence-corrected chi connectivity index (χ3v) is 3.96. The van der Waals surface area contributed by atoms with Crippen molar-refractivity contribution in [3.05, 3.63) is 18.2 Å². The Kier molecular flexibility index (Phi) is 4.39. The van der Waals surface area contributed by atoms with Crippen molar-refractivity contribution >= 4 is 5.91 Å². The van der Waals surface area contributed by atoms with E-state index in [4.69, 9.17) is 0 Å². The first-order valence-corrected chi connectivity index (χ1v) is 7.00. The predicted octanol–water partition coefficient (Wildman–Crippen LogP) is 2.80. The molecule has 2 N–H and O–H groups in total. The van der Waals surface area contributed by atoms with Crippen LogP contribution in [0.1, 0.15) is 57.8 Å². The van der Waals surface area contributed by atoms with Crippen LogP contribution in [0.5, 0.6) is 0 Å². The Morgan fingerprint density at radius 2 is 2.22 bits per heavy atom. The van der Waals surface area contributed by atoms with Gasteiger partial charge in [-0.2, -0.15) is 0 Å². The standard InChI is InChI=1S/C14H23N3O/c1-3-12(13-15-8-9-16-13)17-14(18)11-6-4-10(2)5-7-11/h8-12H,3-7H2,1-2H3,(H,15,16)(H,17,18). The Hall–Kier alpha value is -1.32. The number of nitrogens with one attached hydrogen (secondary N) is 2. The lowest BCUT2D eigenvalue weighted by Crippen LogP contribution is -2.35. The zero-order valence-corrected chi connectivity index (χ0v) is 11.3. The van der Waals surface area contributed by atoms with Crippen LogP contribution in [0.2, 0.25) is 0 Å². The number of amides is 1. The first-order valence-electron chi connectivity index (χ1n) is 7.00. The lowest BCUT2D eigenvalue weighted by molar-refractivity contribution is -0.127. The van der Waals surface area contributed by atoms with E-state index in [1.54, 1.807) is 12.4 Å². The minimum Gasteiger partial charge on any atom is -0.347 e. The molecule has 1 fully saturated rings. The molecule has 1 amide bonds. The number of aromatic amines is 1. The molecule has 1 aromatic rings. The number of hydrogen-bond donors (Lipinski definition) is 2. The topological polar surface area (TPSA) is 57.8 Å². The van der Waals surface area contributed by atoms with Crippen LogP contribution in [-0.2, 0) is 4.79 Å². The van der Waals surface area contributed by atoms with E-state index in [2.05, 4.69) is 29.1 Å². The molecule has 1 heterocycles. The molecule has 1 atom stereocenters. The zero-order valence-electron chi connectivity index (χ0n) is 11.3. The molecule has 1 aromatic heterocycles. The number of carbonyl (C=O) groups excluding carboxylic acids is 1. The number of imidazole rings is 1. The third-order valence-electron chi connectivity index (χ3n) is 3.96. The SMILES string of the molecule is CCC(NC(=O)C1CCC(C)CC1)c1ncc[nH]1. The number of aromatic nitrogens is 2. The number of carbonyl (C=O) groups is 1. The van der Waals surface area contributed by atoms with Crippen LogP contribution >= 0.6 is 0 Å². The minimum absolute atomic E-state index is 0.0202. The number of hydrogen-bond acceptors (Lipinski definition) is 2. The van der Waals surface area contributed by atoms with Gasteiger partial charge >= 0.3 is 0 Å². The van der Waals surface area contributed by atoms with E-state index in [1.807, 2.05) is 0 Å². The second-order valence-corrected chi connectivity index (χ2v) is 5.40. The molecule has 1 aliphatic carbocycles. The summed E-state index contributed by atoms with van der Waals surface area (Å²) in [6.07, 6.45) is 8.80. The smallest absolute Gasteiger partial charge is 0.223 e. The Morgan fingerprint density at radius 1 is 1.50 bits per heavy atom. The van der Waals surface area contributed by atoms with Gasteiger partial charge in [-0.3, -0.25) is 4.79 Å². The summed E-state index contributed by atoms with van der Waals surface area (Å²) in [5.41, 5.74) is 0. The van der Waals surface area contributed by atoms with Crippen LogP contribution in [0.15, 0.2) is 12.4 Å². The van der Waals surface area contributed by atoms with Crippen molar-refractivity contribution < 1.29 is 4.79 Å². The van der Waals surface area contributed by atoms with Crippen LogP contribution in [-0.4, -0.2) is 15.9 Å². The highest BCUT2D eigenvalue weighted by Gasteiger charge is 2.26. The first kappa shape index (κ1) is 13.1. The maximum absolute atomic E-state index is 12.2. The summed E-state index contributed by atoms with van der Waals surface area (Å²) < 4.78 is 0. The second-order valence-electron chi connectivity index (χ2n) is 5.40. The maximum atomic E-state index is 12.2. The third kappa shape index (κ3) is 3.12. The molecule has 0 saturated heterocycles. The van der Waals surface area contributed by atoms with Gasteiger partial charge < -0.3 is 10.3 Å². The van der Waals surface area contributed by atoms with Gasteiger partial charge in [-0.25, -0.2) is 4.98 Å². The molecule has 0 radical (unpaired) electrons. The van der Waals surface area contributed by atoms with Crippen molar-refractivity contribution in [2.24, 2.45) is 11.8 Å². The van der Waals surface area contributed by atoms with E-state index in [1.165, 1.54) is 12.8 Å². The number of H-pyrrole nitrogens is 1. The molecule has 0 aromatic carbocycles. The molecular formula is C14H23N3O. The molecule has 18 heavy (non-hydrogen) atoms. The second kappa shape index (κ2) is 6.03. The zero-order chi connectivity index (χ0) is 13.0. The van der Waals surface area contributed by atoms with Crippen LogP contribution in [0.25, 0.3) is 0 Å². The molecule has 0 spiro atoms. The van der Waals surface area contributed by atoms with Gasteiger partial charge in [0.15, 0.2) is 0 Å². The van der Waals surface area contributed by atoms with Crippen molar-refractivity contribution in [1.29, 1.82) is 0 Å². The fourth-order valence-electron chi connectivity index (χ4n) is 2.64. The molecule has 4 heteroatoms. The summed E-state index contributed by atoms with van der Waals surface area (Å²) in [4.78, 5) is 19.5. The molecule has 2 rings (SSSR count). The van der Waals surface area contributed by atoms with Crippen molar-refractivity contribution in [3.8, 4) is 0 Å². The summed E-state index contributed by atoms with van der Waals surface area (Å²) in [6.45, 7) is 4.34. The van der Waals surface area contributed by atoms with E-state index in [-0.39, 0.29) is 17.9 Å². The summed E-state index contributed by atoms with van der Waals surface area (Å²) in [6, 6.07) is 0.0202. The fourth-order valence-corrected chi connectivity index (χ4v) is 2.64. The van der Waals surface area contributed by atoms with E-state index < -0.39 is 0 Å². The monoisotopic (exact) mass is 249 g/mol. The minimum atomic E-state index is 0.0202. The van der Waals surface area contributed by atoms with E-state index >= 15 is 0 Å². The quantitative estimate of drug-likeness (QED) is 0.862. The normalized spacial score (nSPS) is 25.7. The van der Waals surface area contributed by atoms with Crippen LogP contribution in [0, 0.1) is 11.8 Å². The maximum Gasteiger partial charge on any atom is 0.223 e. The highest BCUT2D eigenvalue weighted by atomic mass is 16.1. The molecule has 0 bridgehead atoms.